The number of ether oxygens (including phenoxy) is 4. The summed E-state index contributed by atoms with van der Waals surface area (Å²) < 4.78 is 24.1. The van der Waals surface area contributed by atoms with Crippen molar-refractivity contribution in [3.63, 3.8) is 0 Å². The number of aryl methyl sites for hydroxylation is 1. The molecule has 1 saturated heterocycles. The van der Waals surface area contributed by atoms with Crippen LogP contribution in [-0.4, -0.2) is 58.9 Å². The highest BCUT2D eigenvalue weighted by Gasteiger charge is 2.31. The van der Waals surface area contributed by atoms with Gasteiger partial charge >= 0.3 is 5.97 Å². The second kappa shape index (κ2) is 14.1. The molecule has 0 aromatic heterocycles. The number of hydrogen-bond acceptors (Lipinski definition) is 6. The number of methoxy groups -OCH3 is 1. The normalized spacial score (nSPS) is 18.0. The van der Waals surface area contributed by atoms with Crippen molar-refractivity contribution in [1.29, 1.82) is 0 Å². The fraction of sp³-hybridized carbons (Fsp3) is 0.484. The van der Waals surface area contributed by atoms with Gasteiger partial charge in [-0.1, -0.05) is 48.1 Å². The van der Waals surface area contributed by atoms with Gasteiger partial charge in [0.25, 0.3) is 5.91 Å². The number of hydrogen-bond donors (Lipinski definition) is 1. The molecule has 2 aromatic carbocycles. The fourth-order valence-corrected chi connectivity index (χ4v) is 6.27. The Hall–Kier alpha value is -2.95. The summed E-state index contributed by atoms with van der Waals surface area (Å²) in [6.45, 7) is 7.54. The van der Waals surface area contributed by atoms with Crippen molar-refractivity contribution >= 4 is 34.5 Å². The number of carbonyl (C=O) groups excluding carboxylic acids is 1. The summed E-state index contributed by atoms with van der Waals surface area (Å²) in [6, 6.07) is 7.55. The maximum atomic E-state index is 13.3. The smallest absolute Gasteiger partial charge is 0.344 e. The molecule has 0 radical (unpaired) electrons. The van der Waals surface area contributed by atoms with E-state index in [-0.39, 0.29) is 9.96 Å². The Kier molecular flexibility index (Phi) is 10.6. The number of carboxylic acids is 1. The summed E-state index contributed by atoms with van der Waals surface area (Å²) >= 11 is 2.32. The third-order valence-corrected chi connectivity index (χ3v) is 8.55. The lowest BCUT2D eigenvalue weighted by Gasteiger charge is -2.26. The van der Waals surface area contributed by atoms with Crippen LogP contribution in [0, 0.1) is 0 Å². The van der Waals surface area contributed by atoms with Gasteiger partial charge in [-0.25, -0.2) is 4.79 Å². The first-order chi connectivity index (χ1) is 19.4. The third-order valence-electron chi connectivity index (χ3n) is 7.26. The van der Waals surface area contributed by atoms with Crippen LogP contribution in [0.1, 0.15) is 66.1 Å². The van der Waals surface area contributed by atoms with E-state index in [0.29, 0.717) is 61.7 Å². The third kappa shape index (κ3) is 6.67. The van der Waals surface area contributed by atoms with Gasteiger partial charge in [0.15, 0.2) is 6.10 Å². The molecule has 0 bridgehead atoms. The zero-order chi connectivity index (χ0) is 28.6. The van der Waals surface area contributed by atoms with Crippen LogP contribution in [0.15, 0.2) is 36.9 Å². The molecule has 2 aliphatic heterocycles. The predicted octanol–water partition coefficient (Wildman–Crippen LogP) is 6.00. The maximum absolute atomic E-state index is 13.3. The van der Waals surface area contributed by atoms with E-state index >= 15 is 0 Å². The summed E-state index contributed by atoms with van der Waals surface area (Å²) in [5.74, 6) is 1.62. The zero-order valence-corrected chi connectivity index (χ0v) is 25.4. The number of carbonyl (C=O) groups is 2. The van der Waals surface area contributed by atoms with Gasteiger partial charge < -0.3 is 29.0 Å². The lowest BCUT2D eigenvalue weighted by molar-refractivity contribution is -0.145. The average Bonchev–Trinajstić information content (AvgIpc) is 3.39. The van der Waals surface area contributed by atoms with Crippen LogP contribution in [0.4, 0.5) is 0 Å². The van der Waals surface area contributed by atoms with E-state index < -0.39 is 12.1 Å². The first-order valence-electron chi connectivity index (χ1n) is 13.9. The van der Waals surface area contributed by atoms with Gasteiger partial charge in [-0.05, 0) is 62.3 Å². The van der Waals surface area contributed by atoms with Crippen molar-refractivity contribution in [3.05, 3.63) is 59.2 Å². The second-order valence-electron chi connectivity index (χ2n) is 10.0. The Bertz CT molecular complexity index is 1230. The van der Waals surface area contributed by atoms with Gasteiger partial charge in [0.1, 0.15) is 23.0 Å². The first-order valence-corrected chi connectivity index (χ1v) is 15.2. The van der Waals surface area contributed by atoms with E-state index in [9.17, 15) is 14.7 Å². The predicted molar refractivity (Wildman–Crippen MR) is 161 cm³/mol. The number of benzene rings is 2. The molecule has 1 fully saturated rings. The topological polar surface area (TPSA) is 94.5 Å². The lowest BCUT2D eigenvalue weighted by atomic mass is 9.96. The number of aliphatic carboxylic acids is 1. The molecule has 0 saturated carbocycles. The molecule has 1 amide bonds. The van der Waals surface area contributed by atoms with Gasteiger partial charge in [0.05, 0.1) is 29.9 Å². The Morgan fingerprint density at radius 2 is 1.88 bits per heavy atom. The largest absolute Gasteiger partial charge is 0.495 e. The van der Waals surface area contributed by atoms with Gasteiger partial charge in [0.2, 0.25) is 0 Å². The Morgan fingerprint density at radius 3 is 2.50 bits per heavy atom. The minimum atomic E-state index is -0.938. The second-order valence-corrected chi connectivity index (χ2v) is 11.4. The molecule has 2 heterocycles. The highest BCUT2D eigenvalue weighted by Crippen LogP contribution is 2.39. The van der Waals surface area contributed by atoms with E-state index in [0.717, 1.165) is 54.7 Å². The highest BCUT2D eigenvalue weighted by atomic mass is 127. The first kappa shape index (κ1) is 30.0. The Morgan fingerprint density at radius 1 is 1.15 bits per heavy atom. The van der Waals surface area contributed by atoms with Crippen molar-refractivity contribution < 1.29 is 33.6 Å². The molecule has 9 heteroatoms. The molecule has 2 atom stereocenters. The summed E-state index contributed by atoms with van der Waals surface area (Å²) in [6.07, 6.45) is 6.87. The summed E-state index contributed by atoms with van der Waals surface area (Å²) in [5, 5.41) is 9.43. The van der Waals surface area contributed by atoms with E-state index in [1.165, 1.54) is 0 Å². The van der Waals surface area contributed by atoms with Gasteiger partial charge in [-0.3, -0.25) is 4.79 Å². The summed E-state index contributed by atoms with van der Waals surface area (Å²) in [5.41, 5.74) is 3.30. The van der Waals surface area contributed by atoms with E-state index in [2.05, 4.69) is 36.1 Å². The molecular weight excluding hydrogens is 625 g/mol. The number of fused-ring (bicyclic) bond motifs is 1. The van der Waals surface area contributed by atoms with E-state index in [1.807, 2.05) is 23.1 Å². The van der Waals surface area contributed by atoms with Crippen molar-refractivity contribution in [2.75, 3.05) is 26.9 Å². The highest BCUT2D eigenvalue weighted by molar-refractivity contribution is 14.1. The van der Waals surface area contributed by atoms with Gasteiger partial charge in [-0.2, -0.15) is 0 Å². The minimum Gasteiger partial charge on any atom is -0.495 e. The van der Waals surface area contributed by atoms with Crippen LogP contribution < -0.4 is 18.9 Å². The molecule has 4 rings (SSSR count). The average molecular weight is 664 g/mol. The molecule has 2 aromatic rings. The lowest BCUT2D eigenvalue weighted by Crippen LogP contribution is -2.32. The van der Waals surface area contributed by atoms with Crippen molar-refractivity contribution in [2.45, 2.75) is 68.4 Å². The van der Waals surface area contributed by atoms with Gasteiger partial charge in [0, 0.05) is 24.1 Å². The standard InChI is InChI=1S/C31H38INO7/c1-4-8-21-24(14-11-20-12-15-26(31(35)36)40-28(20)21)38-18-7-19-39-25-16-13-23(29(37-3)22(25)9-5-2)30(34)33-17-6-10-27(33)32/h5,11,13-14,16,26-27H,2,4,6-10,12,15,17-19H2,1,3H3,(H,35,36). The molecule has 40 heavy (non-hydrogen) atoms. The van der Waals surface area contributed by atoms with Crippen LogP contribution in [0.5, 0.6) is 23.0 Å². The van der Waals surface area contributed by atoms with Crippen LogP contribution in [-0.2, 0) is 24.1 Å². The monoisotopic (exact) mass is 663 g/mol. The van der Waals surface area contributed by atoms with E-state index in [4.69, 9.17) is 18.9 Å². The number of alkyl halides is 1. The van der Waals surface area contributed by atoms with Crippen LogP contribution in [0.3, 0.4) is 0 Å². The molecule has 0 spiro atoms. The summed E-state index contributed by atoms with van der Waals surface area (Å²) in [7, 11) is 1.58. The number of amides is 1. The number of likely N-dealkylation sites (tertiary alicyclic amines) is 1. The number of halogens is 1. The summed E-state index contributed by atoms with van der Waals surface area (Å²) in [4.78, 5) is 26.7. The quantitative estimate of drug-likeness (QED) is 0.0924. The number of nitrogens with zero attached hydrogens (tertiary/aromatic N) is 1. The van der Waals surface area contributed by atoms with Crippen molar-refractivity contribution in [3.8, 4) is 23.0 Å². The molecule has 2 aliphatic rings. The molecule has 216 valence electrons. The number of carboxylic acid groups (broad SMARTS) is 1. The van der Waals surface area contributed by atoms with E-state index in [1.54, 1.807) is 19.3 Å². The molecule has 1 N–H and O–H groups in total. The molecule has 2 unspecified atom stereocenters. The van der Waals surface area contributed by atoms with Crippen LogP contribution in [0.2, 0.25) is 0 Å². The SMILES string of the molecule is C=CCc1c(OCCCOc2ccc3c(c2CCC)OC(C(=O)O)CC3)ccc(C(=O)N2CCCC2I)c1OC. The fourth-order valence-electron chi connectivity index (χ4n) is 5.30. The minimum absolute atomic E-state index is 0.0226. The van der Waals surface area contributed by atoms with Gasteiger partial charge in [-0.15, -0.1) is 6.58 Å². The molecule has 8 nitrogen and oxygen atoms in total. The van der Waals surface area contributed by atoms with Crippen molar-refractivity contribution in [1.82, 2.24) is 4.90 Å². The number of rotatable bonds is 13. The van der Waals surface area contributed by atoms with Crippen LogP contribution in [0.25, 0.3) is 0 Å². The van der Waals surface area contributed by atoms with Crippen molar-refractivity contribution in [2.24, 2.45) is 0 Å². The Labute approximate surface area is 249 Å². The number of allylic oxidation sites excluding steroid dienone is 1. The zero-order valence-electron chi connectivity index (χ0n) is 23.2. The molecular formula is C31H38INO7. The maximum Gasteiger partial charge on any atom is 0.344 e. The Balaban J connectivity index is 1.41. The van der Waals surface area contributed by atoms with Crippen LogP contribution >= 0.6 is 22.6 Å². The molecule has 0 aliphatic carbocycles.